The van der Waals surface area contributed by atoms with Gasteiger partial charge in [0.1, 0.15) is 5.69 Å². The molecule has 0 N–H and O–H groups in total. The first kappa shape index (κ1) is 27.9. The average molecular weight is 584 g/mol. The van der Waals surface area contributed by atoms with Crippen molar-refractivity contribution in [2.45, 2.75) is 6.92 Å². The minimum Gasteiger partial charge on any atom is -0.283 e. The molecule has 0 radical (unpaired) electrons. The summed E-state index contributed by atoms with van der Waals surface area (Å²) in [4.78, 5) is 49.9. The standard InChI is InChI=1S/C28H21N7O6S/c1-18-25(27(37)33(31(18)2)21-6-4-3-5-7-21)32-26(36)24(16-19-8-12-22(13-9-19)34(38)39)42-28(32)30-29-17-20-10-14-23(15-11-20)35(40)41/h3-17H,1-2H3/b24-16-,29-17?,30-28?. The van der Waals surface area contributed by atoms with E-state index in [4.69, 9.17) is 0 Å². The fraction of sp³-hybridized carbons (Fsp3) is 0.0714. The molecule has 0 spiro atoms. The van der Waals surface area contributed by atoms with Gasteiger partial charge in [-0.1, -0.05) is 18.2 Å². The third-order valence-electron chi connectivity index (χ3n) is 6.41. The highest BCUT2D eigenvalue weighted by Gasteiger charge is 2.39. The van der Waals surface area contributed by atoms with Gasteiger partial charge in [0.2, 0.25) is 5.17 Å². The maximum atomic E-state index is 13.8. The zero-order valence-electron chi connectivity index (χ0n) is 22.1. The molecule has 0 saturated carbocycles. The first-order chi connectivity index (χ1) is 20.2. The summed E-state index contributed by atoms with van der Waals surface area (Å²) in [5.41, 5.74) is 1.67. The van der Waals surface area contributed by atoms with Gasteiger partial charge in [-0.2, -0.15) is 5.10 Å². The van der Waals surface area contributed by atoms with E-state index in [0.29, 0.717) is 22.5 Å². The number of anilines is 1. The van der Waals surface area contributed by atoms with Crippen LogP contribution in [0.5, 0.6) is 0 Å². The average Bonchev–Trinajstić information content (AvgIpc) is 3.39. The number of carbonyl (C=O) groups is 1. The van der Waals surface area contributed by atoms with Gasteiger partial charge < -0.3 is 0 Å². The lowest BCUT2D eigenvalue weighted by Crippen LogP contribution is -2.33. The van der Waals surface area contributed by atoms with E-state index in [1.807, 2.05) is 6.07 Å². The van der Waals surface area contributed by atoms with Crippen LogP contribution in [0.1, 0.15) is 16.8 Å². The number of nitro groups is 2. The summed E-state index contributed by atoms with van der Waals surface area (Å²) in [5.74, 6) is -0.520. The van der Waals surface area contributed by atoms with Gasteiger partial charge in [-0.15, -0.1) is 5.10 Å². The summed E-state index contributed by atoms with van der Waals surface area (Å²) in [5, 5.41) is 30.4. The molecule has 13 nitrogen and oxygen atoms in total. The van der Waals surface area contributed by atoms with Crippen LogP contribution >= 0.6 is 11.8 Å². The first-order valence-corrected chi connectivity index (χ1v) is 13.2. The number of carbonyl (C=O) groups excluding carboxylic acids is 1. The number of amides is 1. The highest BCUT2D eigenvalue weighted by atomic mass is 32.2. The molecule has 42 heavy (non-hydrogen) atoms. The number of amidine groups is 1. The van der Waals surface area contributed by atoms with Crippen LogP contribution in [0.15, 0.2) is 98.8 Å². The normalized spacial score (nSPS) is 15.3. The van der Waals surface area contributed by atoms with Gasteiger partial charge in [0.15, 0.2) is 0 Å². The Balaban J connectivity index is 1.58. The molecule has 5 rings (SSSR count). The predicted octanol–water partition coefficient (Wildman–Crippen LogP) is 4.81. The Hall–Kier alpha value is -5.63. The highest BCUT2D eigenvalue weighted by molar-refractivity contribution is 8.19. The predicted molar refractivity (Wildman–Crippen MR) is 160 cm³/mol. The Bertz CT molecular complexity index is 1860. The molecular weight excluding hydrogens is 562 g/mol. The molecule has 0 bridgehead atoms. The fourth-order valence-corrected chi connectivity index (χ4v) is 5.14. The van der Waals surface area contributed by atoms with Crippen molar-refractivity contribution in [3.05, 3.63) is 131 Å². The molecule has 3 aromatic carbocycles. The Morgan fingerprint density at radius 2 is 1.40 bits per heavy atom. The van der Waals surface area contributed by atoms with Crippen LogP contribution in [-0.2, 0) is 11.8 Å². The summed E-state index contributed by atoms with van der Waals surface area (Å²) < 4.78 is 3.08. The van der Waals surface area contributed by atoms with E-state index < -0.39 is 21.3 Å². The second-order valence-corrected chi connectivity index (χ2v) is 9.99. The Morgan fingerprint density at radius 3 is 1.98 bits per heavy atom. The lowest BCUT2D eigenvalue weighted by Gasteiger charge is -2.12. The van der Waals surface area contributed by atoms with Crippen LogP contribution in [0.2, 0.25) is 0 Å². The van der Waals surface area contributed by atoms with Gasteiger partial charge in [-0.05, 0) is 72.3 Å². The number of hydrogen-bond acceptors (Lipinski definition) is 9. The molecular formula is C28H21N7O6S. The highest BCUT2D eigenvalue weighted by Crippen LogP contribution is 2.36. The number of rotatable bonds is 7. The SMILES string of the molecule is Cc1c(N2C(=O)/C(=C/c3ccc([N+](=O)[O-])cc3)SC2=NN=Cc2ccc([N+](=O)[O-])cc2)c(=O)n(-c2ccccc2)n1C. The first-order valence-electron chi connectivity index (χ1n) is 12.3. The molecule has 2 heterocycles. The number of hydrogen-bond donors (Lipinski definition) is 0. The minimum atomic E-state index is -0.520. The summed E-state index contributed by atoms with van der Waals surface area (Å²) in [7, 11) is 1.71. The van der Waals surface area contributed by atoms with Crippen molar-refractivity contribution in [3.8, 4) is 5.69 Å². The molecule has 1 aliphatic rings. The van der Waals surface area contributed by atoms with Gasteiger partial charge in [-0.25, -0.2) is 9.58 Å². The van der Waals surface area contributed by atoms with Crippen molar-refractivity contribution in [2.24, 2.45) is 17.3 Å². The van der Waals surface area contributed by atoms with Gasteiger partial charge in [0.25, 0.3) is 22.8 Å². The van der Waals surface area contributed by atoms with Crippen LogP contribution in [0.3, 0.4) is 0 Å². The second-order valence-electron chi connectivity index (χ2n) is 8.99. The van der Waals surface area contributed by atoms with Gasteiger partial charge in [0, 0.05) is 31.3 Å². The Labute approximate surface area is 242 Å². The van der Waals surface area contributed by atoms with E-state index in [2.05, 4.69) is 10.2 Å². The summed E-state index contributed by atoms with van der Waals surface area (Å²) in [6.07, 6.45) is 2.93. The maximum absolute atomic E-state index is 13.8. The number of thioether (sulfide) groups is 1. The molecule has 4 aromatic rings. The van der Waals surface area contributed by atoms with Crippen molar-refractivity contribution in [1.29, 1.82) is 0 Å². The van der Waals surface area contributed by atoms with Gasteiger partial charge in [-0.3, -0.25) is 34.5 Å². The number of nitro benzene ring substituents is 2. The Kier molecular flexibility index (Phi) is 7.62. The van der Waals surface area contributed by atoms with E-state index in [9.17, 15) is 29.8 Å². The molecule has 0 aliphatic carbocycles. The lowest BCUT2D eigenvalue weighted by molar-refractivity contribution is -0.385. The number of para-hydroxylation sites is 1. The molecule has 0 atom stereocenters. The molecule has 1 amide bonds. The van der Waals surface area contributed by atoms with Gasteiger partial charge >= 0.3 is 0 Å². The van der Waals surface area contributed by atoms with Crippen molar-refractivity contribution in [2.75, 3.05) is 4.90 Å². The fourth-order valence-electron chi connectivity index (χ4n) is 4.22. The minimum absolute atomic E-state index is 0.0724. The van der Waals surface area contributed by atoms with E-state index in [-0.39, 0.29) is 27.1 Å². The topological polar surface area (TPSA) is 158 Å². The van der Waals surface area contributed by atoms with E-state index in [1.54, 1.807) is 49.0 Å². The van der Waals surface area contributed by atoms with Crippen molar-refractivity contribution in [1.82, 2.24) is 9.36 Å². The van der Waals surface area contributed by atoms with Crippen molar-refractivity contribution >= 4 is 52.2 Å². The van der Waals surface area contributed by atoms with Crippen LogP contribution in [0.25, 0.3) is 11.8 Å². The second kappa shape index (κ2) is 11.5. The largest absolute Gasteiger partial charge is 0.296 e. The van der Waals surface area contributed by atoms with Crippen LogP contribution in [-0.4, -0.2) is 36.5 Å². The van der Waals surface area contributed by atoms with Crippen LogP contribution in [0, 0.1) is 27.2 Å². The van der Waals surface area contributed by atoms with Crippen LogP contribution < -0.4 is 10.5 Å². The molecule has 210 valence electrons. The number of aromatic nitrogens is 2. The van der Waals surface area contributed by atoms with Crippen LogP contribution in [0.4, 0.5) is 17.1 Å². The molecule has 0 unspecified atom stereocenters. The molecule has 1 aromatic heterocycles. The zero-order valence-corrected chi connectivity index (χ0v) is 23.0. The van der Waals surface area contributed by atoms with Crippen molar-refractivity contribution < 1.29 is 14.6 Å². The molecule has 1 aliphatic heterocycles. The van der Waals surface area contributed by atoms with Crippen molar-refractivity contribution in [3.63, 3.8) is 0 Å². The maximum Gasteiger partial charge on any atom is 0.296 e. The molecule has 1 fully saturated rings. The number of nitrogens with zero attached hydrogens (tertiary/aromatic N) is 7. The zero-order chi connectivity index (χ0) is 30.0. The van der Waals surface area contributed by atoms with E-state index >= 15 is 0 Å². The third-order valence-corrected chi connectivity index (χ3v) is 7.37. The van der Waals surface area contributed by atoms with Gasteiger partial charge in [0.05, 0.1) is 32.3 Å². The smallest absolute Gasteiger partial charge is 0.283 e. The quantitative estimate of drug-likeness (QED) is 0.131. The molecule has 14 heteroatoms. The third kappa shape index (κ3) is 5.38. The van der Waals surface area contributed by atoms with E-state index in [1.165, 1.54) is 64.3 Å². The Morgan fingerprint density at radius 1 is 0.833 bits per heavy atom. The summed E-state index contributed by atoms with van der Waals surface area (Å²) in [6, 6.07) is 20.3. The monoisotopic (exact) mass is 583 g/mol. The number of non-ortho nitro benzene ring substituents is 2. The summed E-state index contributed by atoms with van der Waals surface area (Å²) >= 11 is 0.990. The lowest BCUT2D eigenvalue weighted by atomic mass is 10.2. The van der Waals surface area contributed by atoms with E-state index in [0.717, 1.165) is 11.8 Å². The summed E-state index contributed by atoms with van der Waals surface area (Å²) in [6.45, 7) is 1.71. The number of benzene rings is 3. The molecule has 1 saturated heterocycles.